The van der Waals surface area contributed by atoms with E-state index in [0.717, 1.165) is 0 Å². The number of benzene rings is 1. The van der Waals surface area contributed by atoms with Gasteiger partial charge in [-0.1, -0.05) is 0 Å². The van der Waals surface area contributed by atoms with Crippen LogP contribution in [0.2, 0.25) is 0 Å². The molecule has 0 heterocycles. The van der Waals surface area contributed by atoms with Crippen LogP contribution in [-0.2, 0) is 14.8 Å². The summed E-state index contributed by atoms with van der Waals surface area (Å²) in [5.74, 6) is -0.816. The maximum absolute atomic E-state index is 12.8. The number of amides is 2. The van der Waals surface area contributed by atoms with Gasteiger partial charge in [-0.05, 0) is 44.0 Å². The number of hydrogen-bond donors (Lipinski definition) is 2. The fourth-order valence-electron chi connectivity index (χ4n) is 2.13. The first-order chi connectivity index (χ1) is 12.3. The van der Waals surface area contributed by atoms with Crippen LogP contribution in [0.25, 0.3) is 0 Å². The highest BCUT2D eigenvalue weighted by atomic mass is 32.2. The maximum atomic E-state index is 12.8. The summed E-state index contributed by atoms with van der Waals surface area (Å²) in [5, 5.41) is 5.38. The van der Waals surface area contributed by atoms with Crippen molar-refractivity contribution < 1.29 is 22.4 Å². The summed E-state index contributed by atoms with van der Waals surface area (Å²) >= 11 is 0. The molecular weight excluding hydrogens is 361 g/mol. The van der Waals surface area contributed by atoms with Crippen molar-refractivity contribution >= 4 is 21.8 Å². The topological polar surface area (TPSA) is 95.6 Å². The number of halogens is 1. The normalized spacial score (nSPS) is 11.4. The van der Waals surface area contributed by atoms with Gasteiger partial charge in [-0.2, -0.15) is 0 Å². The van der Waals surface area contributed by atoms with Crippen LogP contribution in [0.15, 0.2) is 24.3 Å². The molecule has 0 fully saturated rings. The number of nitrogens with zero attached hydrogens (tertiary/aromatic N) is 1. The first-order valence-electron chi connectivity index (χ1n) is 8.50. The average Bonchev–Trinajstić information content (AvgIpc) is 2.62. The van der Waals surface area contributed by atoms with Crippen LogP contribution in [0, 0.1) is 5.82 Å². The van der Waals surface area contributed by atoms with Crippen LogP contribution in [-0.4, -0.2) is 57.0 Å². The van der Waals surface area contributed by atoms with Gasteiger partial charge in [-0.25, -0.2) is 17.1 Å². The van der Waals surface area contributed by atoms with Crippen LogP contribution in [0.1, 0.15) is 36.5 Å². The molecule has 146 valence electrons. The van der Waals surface area contributed by atoms with E-state index < -0.39 is 15.8 Å². The lowest BCUT2D eigenvalue weighted by molar-refractivity contribution is -0.121. The zero-order valence-electron chi connectivity index (χ0n) is 15.1. The second-order valence-electron chi connectivity index (χ2n) is 5.79. The molecule has 0 atom stereocenters. The summed E-state index contributed by atoms with van der Waals surface area (Å²) in [4.78, 5) is 23.5. The predicted octanol–water partition coefficient (Wildman–Crippen LogP) is 1.12. The van der Waals surface area contributed by atoms with Crippen LogP contribution in [0.4, 0.5) is 4.39 Å². The highest BCUT2D eigenvalue weighted by Crippen LogP contribution is 2.02. The Morgan fingerprint density at radius 3 is 2.31 bits per heavy atom. The number of nitrogens with one attached hydrogen (secondary N) is 2. The Morgan fingerprint density at radius 1 is 1.08 bits per heavy atom. The molecule has 0 radical (unpaired) electrons. The molecule has 26 heavy (non-hydrogen) atoms. The van der Waals surface area contributed by atoms with E-state index in [2.05, 4.69) is 10.6 Å². The lowest BCUT2D eigenvalue weighted by Gasteiger charge is -2.15. The molecule has 1 aromatic carbocycles. The quantitative estimate of drug-likeness (QED) is 0.556. The molecule has 0 aliphatic carbocycles. The Balaban J connectivity index is 2.13. The molecule has 0 unspecified atom stereocenters. The Morgan fingerprint density at radius 2 is 1.69 bits per heavy atom. The lowest BCUT2D eigenvalue weighted by atomic mass is 10.2. The predicted molar refractivity (Wildman–Crippen MR) is 97.7 cm³/mol. The van der Waals surface area contributed by atoms with Gasteiger partial charge < -0.3 is 10.6 Å². The molecule has 2 N–H and O–H groups in total. The fraction of sp³-hybridized carbons (Fsp3) is 0.529. The molecule has 7 nitrogen and oxygen atoms in total. The molecule has 0 bridgehead atoms. The summed E-state index contributed by atoms with van der Waals surface area (Å²) in [7, 11) is -1.67. The van der Waals surface area contributed by atoms with Crippen molar-refractivity contribution in [2.45, 2.75) is 26.2 Å². The zero-order valence-corrected chi connectivity index (χ0v) is 15.9. The SMILES string of the molecule is CCS(=O)(=O)N(C)CCCNC(=O)CCCNC(=O)c1ccc(F)cc1. The second-order valence-corrected chi connectivity index (χ2v) is 8.16. The van der Waals surface area contributed by atoms with Gasteiger partial charge in [-0.15, -0.1) is 0 Å². The van der Waals surface area contributed by atoms with Crippen LogP contribution >= 0.6 is 0 Å². The molecule has 1 rings (SSSR count). The van der Waals surface area contributed by atoms with Gasteiger partial charge in [0.1, 0.15) is 5.82 Å². The third-order valence-corrected chi connectivity index (χ3v) is 5.65. The summed E-state index contributed by atoms with van der Waals surface area (Å²) in [6.07, 6.45) is 1.26. The van der Waals surface area contributed by atoms with Crippen molar-refractivity contribution in [1.82, 2.24) is 14.9 Å². The maximum Gasteiger partial charge on any atom is 0.251 e. The summed E-state index contributed by atoms with van der Waals surface area (Å²) < 4.78 is 37.2. The third kappa shape index (κ3) is 7.92. The standard InChI is InChI=1S/C17H26FN3O4S/c1-3-26(24,25)21(2)13-5-12-19-16(22)6-4-11-20-17(23)14-7-9-15(18)10-8-14/h7-10H,3-6,11-13H2,1-2H3,(H,19,22)(H,20,23). The molecule has 0 aliphatic heterocycles. The summed E-state index contributed by atoms with van der Waals surface area (Å²) in [6.45, 7) is 2.66. The van der Waals surface area contributed by atoms with Gasteiger partial charge in [0.15, 0.2) is 0 Å². The number of rotatable bonds is 11. The fourth-order valence-corrected chi connectivity index (χ4v) is 2.98. The van der Waals surface area contributed by atoms with Crippen molar-refractivity contribution in [1.29, 1.82) is 0 Å². The van der Waals surface area contributed by atoms with E-state index in [9.17, 15) is 22.4 Å². The van der Waals surface area contributed by atoms with Crippen LogP contribution < -0.4 is 10.6 Å². The number of hydrogen-bond acceptors (Lipinski definition) is 4. The molecule has 0 spiro atoms. The first kappa shape index (κ1) is 22.0. The van der Waals surface area contributed by atoms with E-state index >= 15 is 0 Å². The molecule has 9 heteroatoms. The molecule has 1 aromatic rings. The van der Waals surface area contributed by atoms with Crippen molar-refractivity contribution in [3.05, 3.63) is 35.6 Å². The van der Waals surface area contributed by atoms with E-state index in [1.165, 1.54) is 35.6 Å². The smallest absolute Gasteiger partial charge is 0.251 e. The monoisotopic (exact) mass is 387 g/mol. The Hall–Kier alpha value is -2.00. The molecule has 0 saturated carbocycles. The van der Waals surface area contributed by atoms with Gasteiger partial charge in [0.05, 0.1) is 5.75 Å². The van der Waals surface area contributed by atoms with Gasteiger partial charge in [-0.3, -0.25) is 9.59 Å². The highest BCUT2D eigenvalue weighted by molar-refractivity contribution is 7.89. The number of sulfonamides is 1. The summed E-state index contributed by atoms with van der Waals surface area (Å²) in [5.41, 5.74) is 0.363. The molecular formula is C17H26FN3O4S. The van der Waals surface area contributed by atoms with Crippen molar-refractivity contribution in [3.8, 4) is 0 Å². The molecule has 0 aliphatic rings. The highest BCUT2D eigenvalue weighted by Gasteiger charge is 2.14. The largest absolute Gasteiger partial charge is 0.356 e. The van der Waals surface area contributed by atoms with Crippen molar-refractivity contribution in [3.63, 3.8) is 0 Å². The van der Waals surface area contributed by atoms with Gasteiger partial charge in [0.25, 0.3) is 5.91 Å². The average molecular weight is 387 g/mol. The van der Waals surface area contributed by atoms with Crippen LogP contribution in [0.5, 0.6) is 0 Å². The van der Waals surface area contributed by atoms with E-state index in [0.29, 0.717) is 38.0 Å². The third-order valence-electron chi connectivity index (χ3n) is 3.78. The second kappa shape index (κ2) is 10.9. The van der Waals surface area contributed by atoms with Gasteiger partial charge in [0.2, 0.25) is 15.9 Å². The minimum atomic E-state index is -3.19. The molecule has 0 aromatic heterocycles. The molecule has 2 amide bonds. The minimum absolute atomic E-state index is 0.0551. The number of carbonyl (C=O) groups excluding carboxylic acids is 2. The van der Waals surface area contributed by atoms with Crippen molar-refractivity contribution in [2.75, 3.05) is 32.4 Å². The van der Waals surface area contributed by atoms with E-state index in [1.54, 1.807) is 6.92 Å². The Labute approximate surface area is 154 Å². The van der Waals surface area contributed by atoms with Gasteiger partial charge in [0, 0.05) is 38.7 Å². The Bertz CT molecular complexity index is 692. The van der Waals surface area contributed by atoms with Crippen LogP contribution in [0.3, 0.4) is 0 Å². The van der Waals surface area contributed by atoms with E-state index in [-0.39, 0.29) is 24.0 Å². The number of carbonyl (C=O) groups is 2. The molecule has 0 saturated heterocycles. The zero-order chi connectivity index (χ0) is 19.6. The van der Waals surface area contributed by atoms with Gasteiger partial charge >= 0.3 is 0 Å². The minimum Gasteiger partial charge on any atom is -0.356 e. The Kier molecular flexibility index (Phi) is 9.22. The first-order valence-corrected chi connectivity index (χ1v) is 10.1. The van der Waals surface area contributed by atoms with Crippen molar-refractivity contribution in [2.24, 2.45) is 0 Å². The van der Waals surface area contributed by atoms with E-state index in [4.69, 9.17) is 0 Å². The van der Waals surface area contributed by atoms with E-state index in [1.807, 2.05) is 0 Å². The summed E-state index contributed by atoms with van der Waals surface area (Å²) in [6, 6.07) is 5.22. The lowest BCUT2D eigenvalue weighted by Crippen LogP contribution is -2.32.